The summed E-state index contributed by atoms with van der Waals surface area (Å²) < 4.78 is 7.13. The van der Waals surface area contributed by atoms with Gasteiger partial charge in [-0.25, -0.2) is 0 Å². The first-order valence-corrected chi connectivity index (χ1v) is 13.7. The third-order valence-corrected chi connectivity index (χ3v) is 8.27. The fourth-order valence-electron chi connectivity index (χ4n) is 6.15. The second-order valence-electron chi connectivity index (χ2n) is 10.5. The number of anilines is 2. The lowest BCUT2D eigenvalue weighted by Gasteiger charge is -2.31. The summed E-state index contributed by atoms with van der Waals surface area (Å²) in [4.78, 5) is 39.8. The minimum Gasteiger partial charge on any atom is -0.381 e. The zero-order valence-electron chi connectivity index (χ0n) is 21.6. The monoisotopic (exact) mass is 507 g/mol. The van der Waals surface area contributed by atoms with Crippen molar-refractivity contribution in [3.8, 4) is 0 Å². The van der Waals surface area contributed by atoms with Crippen molar-refractivity contribution >= 4 is 29.1 Å². The summed E-state index contributed by atoms with van der Waals surface area (Å²) in [6.07, 6.45) is 10.3. The minimum absolute atomic E-state index is 0.00136. The molecule has 3 heterocycles. The molecule has 3 aliphatic rings. The van der Waals surface area contributed by atoms with Crippen LogP contribution in [-0.2, 0) is 26.3 Å². The smallest absolute Gasteiger partial charge is 0.270 e. The number of ether oxygens (including phenoxy) is 1. The first-order chi connectivity index (χ1) is 18.0. The maximum absolute atomic E-state index is 13.7. The molecule has 1 saturated carbocycles. The van der Waals surface area contributed by atoms with Crippen LogP contribution in [0.3, 0.4) is 0 Å². The zero-order valence-corrected chi connectivity index (χ0v) is 21.6. The van der Waals surface area contributed by atoms with Crippen molar-refractivity contribution in [2.75, 3.05) is 23.8 Å². The van der Waals surface area contributed by atoms with E-state index < -0.39 is 11.5 Å². The van der Waals surface area contributed by atoms with E-state index in [1.54, 1.807) is 16.9 Å². The second kappa shape index (κ2) is 11.0. The predicted octanol–water partition coefficient (Wildman–Crippen LogP) is 4.00. The van der Waals surface area contributed by atoms with Gasteiger partial charge in [0.2, 0.25) is 11.8 Å². The van der Waals surface area contributed by atoms with Crippen molar-refractivity contribution in [1.29, 1.82) is 0 Å². The number of carbonyl (C=O) groups is 3. The Labute approximate surface area is 217 Å². The van der Waals surface area contributed by atoms with Gasteiger partial charge in [-0.05, 0) is 62.3 Å². The molecular weight excluding hydrogens is 470 g/mol. The first-order valence-electron chi connectivity index (χ1n) is 13.7. The first kappa shape index (κ1) is 25.4. The Kier molecular flexibility index (Phi) is 7.60. The molecule has 2 aliphatic heterocycles. The summed E-state index contributed by atoms with van der Waals surface area (Å²) in [6, 6.07) is 6.66. The summed E-state index contributed by atoms with van der Waals surface area (Å²) in [5, 5.41) is 13.3. The van der Waals surface area contributed by atoms with Crippen LogP contribution in [0.4, 0.5) is 11.4 Å². The van der Waals surface area contributed by atoms with Crippen LogP contribution in [0.5, 0.6) is 0 Å². The van der Waals surface area contributed by atoms with Gasteiger partial charge in [-0.3, -0.25) is 19.1 Å². The van der Waals surface area contributed by atoms with Crippen molar-refractivity contribution in [2.24, 2.45) is 5.92 Å². The third kappa shape index (κ3) is 5.14. The van der Waals surface area contributed by atoms with Gasteiger partial charge < -0.3 is 20.7 Å². The molecule has 1 saturated heterocycles. The molecule has 2 fully saturated rings. The SMILES string of the molecule is CCn1nccc1C(=O)NC(C(=O)Nc1ccc2c(c1)NC(=O)C21CCOCC1)C1CCCCCCC1. The second-order valence-corrected chi connectivity index (χ2v) is 10.5. The molecule has 5 rings (SSSR count). The highest BCUT2D eigenvalue weighted by molar-refractivity contribution is 6.07. The van der Waals surface area contributed by atoms with E-state index in [-0.39, 0.29) is 23.6 Å². The van der Waals surface area contributed by atoms with Gasteiger partial charge in [-0.1, -0.05) is 38.2 Å². The Hall–Kier alpha value is -3.20. The summed E-state index contributed by atoms with van der Waals surface area (Å²) in [5.41, 5.74) is 2.22. The number of aryl methyl sites for hydroxylation is 1. The van der Waals surface area contributed by atoms with Gasteiger partial charge in [-0.15, -0.1) is 0 Å². The highest BCUT2D eigenvalue weighted by atomic mass is 16.5. The Morgan fingerprint density at radius 2 is 1.86 bits per heavy atom. The van der Waals surface area contributed by atoms with Crippen molar-refractivity contribution < 1.29 is 19.1 Å². The number of benzene rings is 1. The maximum Gasteiger partial charge on any atom is 0.270 e. The molecule has 37 heavy (non-hydrogen) atoms. The van der Waals surface area contributed by atoms with E-state index in [1.807, 2.05) is 25.1 Å². The quantitative estimate of drug-likeness (QED) is 0.547. The van der Waals surface area contributed by atoms with E-state index >= 15 is 0 Å². The van der Waals surface area contributed by atoms with E-state index in [4.69, 9.17) is 4.74 Å². The van der Waals surface area contributed by atoms with E-state index in [0.29, 0.717) is 44.0 Å². The number of nitrogens with zero attached hydrogens (tertiary/aromatic N) is 2. The number of aromatic nitrogens is 2. The fourth-order valence-corrected chi connectivity index (χ4v) is 6.15. The number of fused-ring (bicyclic) bond motifs is 2. The molecule has 9 nitrogen and oxygen atoms in total. The normalized spacial score (nSPS) is 20.4. The summed E-state index contributed by atoms with van der Waals surface area (Å²) in [5.74, 6) is -0.459. The molecule has 1 aromatic carbocycles. The molecule has 0 bridgehead atoms. The molecule has 3 amide bonds. The number of rotatable bonds is 6. The van der Waals surface area contributed by atoms with Crippen molar-refractivity contribution in [3.05, 3.63) is 41.7 Å². The van der Waals surface area contributed by atoms with Gasteiger partial charge in [0.15, 0.2) is 0 Å². The number of hydrogen-bond donors (Lipinski definition) is 3. The van der Waals surface area contributed by atoms with Crippen LogP contribution in [-0.4, -0.2) is 46.8 Å². The molecule has 1 aliphatic carbocycles. The van der Waals surface area contributed by atoms with Gasteiger partial charge in [0.05, 0.1) is 5.41 Å². The van der Waals surface area contributed by atoms with Crippen LogP contribution in [0, 0.1) is 5.92 Å². The summed E-state index contributed by atoms with van der Waals surface area (Å²) >= 11 is 0. The molecular formula is C28H37N5O4. The van der Waals surface area contributed by atoms with Gasteiger partial charge in [-0.2, -0.15) is 5.10 Å². The van der Waals surface area contributed by atoms with Crippen LogP contribution in [0.1, 0.15) is 80.8 Å². The average Bonchev–Trinajstić information content (AvgIpc) is 3.46. The van der Waals surface area contributed by atoms with E-state index in [1.165, 1.54) is 6.42 Å². The lowest BCUT2D eigenvalue weighted by atomic mass is 9.75. The standard InChI is InChI=1S/C28H37N5O4/c1-2-33-23(12-15-29-33)25(34)32-24(19-8-6-4-3-5-7-9-19)26(35)30-20-10-11-21-22(18-20)31-27(36)28(21)13-16-37-17-14-28/h10-12,15,18-19,24H,2-9,13-14,16-17H2,1H3,(H,30,35)(H,31,36)(H,32,34). The van der Waals surface area contributed by atoms with Crippen LogP contribution >= 0.6 is 0 Å². The van der Waals surface area contributed by atoms with Gasteiger partial charge in [0.1, 0.15) is 11.7 Å². The van der Waals surface area contributed by atoms with E-state index in [2.05, 4.69) is 21.0 Å². The minimum atomic E-state index is -0.657. The van der Waals surface area contributed by atoms with Gasteiger partial charge in [0, 0.05) is 37.3 Å². The predicted molar refractivity (Wildman–Crippen MR) is 140 cm³/mol. The summed E-state index contributed by atoms with van der Waals surface area (Å²) in [7, 11) is 0. The Morgan fingerprint density at radius 3 is 2.59 bits per heavy atom. The highest BCUT2D eigenvalue weighted by Gasteiger charge is 2.47. The van der Waals surface area contributed by atoms with Crippen LogP contribution in [0.25, 0.3) is 0 Å². The van der Waals surface area contributed by atoms with Crippen LogP contribution in [0.15, 0.2) is 30.5 Å². The molecule has 3 N–H and O–H groups in total. The molecule has 1 spiro atoms. The molecule has 0 radical (unpaired) electrons. The molecule has 198 valence electrons. The maximum atomic E-state index is 13.7. The van der Waals surface area contributed by atoms with Gasteiger partial charge in [0.25, 0.3) is 5.91 Å². The van der Waals surface area contributed by atoms with Gasteiger partial charge >= 0.3 is 0 Å². The third-order valence-electron chi connectivity index (χ3n) is 8.27. The largest absolute Gasteiger partial charge is 0.381 e. The molecule has 1 atom stereocenters. The van der Waals surface area contributed by atoms with Crippen molar-refractivity contribution in [2.45, 2.75) is 82.7 Å². The molecule has 9 heteroatoms. The number of amides is 3. The van der Waals surface area contributed by atoms with E-state index in [9.17, 15) is 14.4 Å². The molecule has 1 unspecified atom stereocenters. The average molecular weight is 508 g/mol. The highest BCUT2D eigenvalue weighted by Crippen LogP contribution is 2.45. The Bertz CT molecular complexity index is 1150. The topological polar surface area (TPSA) is 114 Å². The fraction of sp³-hybridized carbons (Fsp3) is 0.571. The number of nitrogens with one attached hydrogen (secondary N) is 3. The zero-order chi connectivity index (χ0) is 25.8. The molecule has 1 aromatic heterocycles. The Morgan fingerprint density at radius 1 is 1.14 bits per heavy atom. The lowest BCUT2D eigenvalue weighted by Crippen LogP contribution is -2.49. The van der Waals surface area contributed by atoms with Crippen LogP contribution in [0.2, 0.25) is 0 Å². The summed E-state index contributed by atoms with van der Waals surface area (Å²) in [6.45, 7) is 3.63. The molecule has 2 aromatic rings. The van der Waals surface area contributed by atoms with E-state index in [0.717, 1.165) is 49.8 Å². The van der Waals surface area contributed by atoms with Crippen molar-refractivity contribution in [3.63, 3.8) is 0 Å². The number of carbonyl (C=O) groups excluding carboxylic acids is 3. The van der Waals surface area contributed by atoms with Crippen LogP contribution < -0.4 is 16.0 Å². The number of hydrogen-bond acceptors (Lipinski definition) is 5. The van der Waals surface area contributed by atoms with Crippen molar-refractivity contribution in [1.82, 2.24) is 15.1 Å². The Balaban J connectivity index is 1.36. The lowest BCUT2D eigenvalue weighted by molar-refractivity contribution is -0.124.